The first kappa shape index (κ1) is 35.3. The van der Waals surface area contributed by atoms with Crippen LogP contribution in [-0.4, -0.2) is 72.8 Å². The highest BCUT2D eigenvalue weighted by molar-refractivity contribution is 7.89. The first-order valence-corrected chi connectivity index (χ1v) is 17.6. The number of hydrogen-bond acceptors (Lipinski definition) is 9. The van der Waals surface area contributed by atoms with Crippen LogP contribution in [0.1, 0.15) is 54.1 Å². The van der Waals surface area contributed by atoms with Gasteiger partial charge in [0.15, 0.2) is 0 Å². The molecule has 15 heteroatoms. The van der Waals surface area contributed by atoms with Gasteiger partial charge in [0.05, 0.1) is 38.7 Å². The summed E-state index contributed by atoms with van der Waals surface area (Å²) in [7, 11) is -4.18. The fourth-order valence-corrected chi connectivity index (χ4v) is 7.91. The zero-order chi connectivity index (χ0) is 34.4. The zero-order valence-electron chi connectivity index (χ0n) is 26.0. The maximum atomic E-state index is 13.9. The van der Waals surface area contributed by atoms with Crippen LogP contribution in [0.25, 0.3) is 0 Å². The third-order valence-corrected chi connectivity index (χ3v) is 10.8. The van der Waals surface area contributed by atoms with Crippen molar-refractivity contribution in [3.05, 3.63) is 87.7 Å². The van der Waals surface area contributed by atoms with Crippen LogP contribution in [0.2, 0.25) is 10.0 Å². The van der Waals surface area contributed by atoms with Gasteiger partial charge in [-0.1, -0.05) is 47.8 Å². The van der Waals surface area contributed by atoms with E-state index in [9.17, 15) is 28.1 Å². The lowest BCUT2D eigenvalue weighted by molar-refractivity contribution is -0.147. The van der Waals surface area contributed by atoms with Crippen molar-refractivity contribution in [3.63, 3.8) is 0 Å². The second-order valence-electron chi connectivity index (χ2n) is 11.6. The summed E-state index contributed by atoms with van der Waals surface area (Å²) in [4.78, 5) is 43.4. The third-order valence-electron chi connectivity index (χ3n) is 8.32. The van der Waals surface area contributed by atoms with Gasteiger partial charge in [-0.2, -0.15) is 9.57 Å². The lowest BCUT2D eigenvalue weighted by Crippen LogP contribution is -2.51. The molecule has 3 aromatic rings. The highest BCUT2D eigenvalue weighted by Gasteiger charge is 2.45. The number of carbonyl (C=O) groups is 3. The van der Waals surface area contributed by atoms with Crippen molar-refractivity contribution >= 4 is 56.7 Å². The predicted molar refractivity (Wildman–Crippen MR) is 179 cm³/mol. The Morgan fingerprint density at radius 2 is 1.79 bits per heavy atom. The fourth-order valence-electron chi connectivity index (χ4n) is 5.69. The molecule has 1 saturated heterocycles. The van der Waals surface area contributed by atoms with Crippen LogP contribution in [-0.2, 0) is 30.8 Å². The molecule has 2 fully saturated rings. The molecular formula is C33H34Cl2N6O6S. The zero-order valence-corrected chi connectivity index (χ0v) is 28.3. The molecule has 2 heterocycles. The maximum Gasteiger partial charge on any atom is 0.328 e. The molecule has 1 aliphatic carbocycles. The molecule has 12 nitrogen and oxygen atoms in total. The lowest BCUT2D eigenvalue weighted by Gasteiger charge is -2.29. The number of ether oxygens (including phenoxy) is 1. The van der Waals surface area contributed by atoms with E-state index in [2.05, 4.69) is 20.9 Å². The number of aromatic nitrogens is 1. The van der Waals surface area contributed by atoms with Gasteiger partial charge in [-0.25, -0.2) is 13.2 Å². The van der Waals surface area contributed by atoms with Crippen LogP contribution in [0, 0.1) is 11.3 Å². The summed E-state index contributed by atoms with van der Waals surface area (Å²) in [5.41, 5.74) is 1.33. The monoisotopic (exact) mass is 712 g/mol. The van der Waals surface area contributed by atoms with Crippen molar-refractivity contribution in [2.24, 2.45) is 0 Å². The average molecular weight is 714 g/mol. The Kier molecular flexibility index (Phi) is 11.3. The number of rotatable bonds is 12. The Morgan fingerprint density at radius 1 is 1.08 bits per heavy atom. The van der Waals surface area contributed by atoms with Crippen LogP contribution < -0.4 is 16.0 Å². The number of hydrogen-bond donors (Lipinski definition) is 3. The number of nitrogens with zero attached hydrogens (tertiary/aromatic N) is 3. The second-order valence-corrected chi connectivity index (χ2v) is 14.3. The summed E-state index contributed by atoms with van der Waals surface area (Å²) in [5, 5.41) is 18.5. The molecule has 1 aromatic heterocycles. The summed E-state index contributed by atoms with van der Waals surface area (Å²) in [6.07, 6.45) is 5.90. The highest BCUT2D eigenvalue weighted by Crippen LogP contribution is 2.30. The maximum absolute atomic E-state index is 13.9. The Morgan fingerprint density at radius 3 is 2.42 bits per heavy atom. The van der Waals surface area contributed by atoms with Crippen molar-refractivity contribution < 1.29 is 27.5 Å². The molecule has 2 amide bonds. The quantitative estimate of drug-likeness (QED) is 0.234. The summed E-state index contributed by atoms with van der Waals surface area (Å²) in [6, 6.07) is 12.0. The van der Waals surface area contributed by atoms with Gasteiger partial charge < -0.3 is 20.7 Å². The van der Waals surface area contributed by atoms with Gasteiger partial charge in [-0.3, -0.25) is 14.6 Å². The van der Waals surface area contributed by atoms with Crippen molar-refractivity contribution in [1.29, 1.82) is 5.26 Å². The SMILES string of the molecule is CCOC(=O)C(Cc1ccc(NC(=O)c2c(Cl)cncc2Cl)cc1)NC(=O)C1CC(NC2CCC2)CN1S(=O)(=O)c1cccc(C#N)c1. The first-order chi connectivity index (χ1) is 23.0. The smallest absolute Gasteiger partial charge is 0.328 e. The van der Waals surface area contributed by atoms with Gasteiger partial charge >= 0.3 is 5.97 Å². The van der Waals surface area contributed by atoms with Gasteiger partial charge in [0.2, 0.25) is 15.9 Å². The normalized spacial score (nSPS) is 18.7. The first-order valence-electron chi connectivity index (χ1n) is 15.4. The van der Waals surface area contributed by atoms with E-state index in [1.807, 2.05) is 6.07 Å². The molecular weight excluding hydrogens is 679 g/mol. The number of anilines is 1. The van der Waals surface area contributed by atoms with E-state index in [0.717, 1.165) is 23.6 Å². The van der Waals surface area contributed by atoms with E-state index in [1.54, 1.807) is 31.2 Å². The van der Waals surface area contributed by atoms with E-state index >= 15 is 0 Å². The predicted octanol–water partition coefficient (Wildman–Crippen LogP) is 4.08. The number of sulfonamides is 1. The van der Waals surface area contributed by atoms with Crippen molar-refractivity contribution in [2.75, 3.05) is 18.5 Å². The number of nitrogens with one attached hydrogen (secondary N) is 3. The lowest BCUT2D eigenvalue weighted by atomic mass is 9.92. The summed E-state index contributed by atoms with van der Waals surface area (Å²) in [6.45, 7) is 1.77. The molecule has 252 valence electrons. The molecule has 2 aliphatic rings. The molecule has 48 heavy (non-hydrogen) atoms. The second kappa shape index (κ2) is 15.4. The van der Waals surface area contributed by atoms with Crippen molar-refractivity contribution in [3.8, 4) is 6.07 Å². The van der Waals surface area contributed by atoms with Crippen LogP contribution in [0.3, 0.4) is 0 Å². The number of benzene rings is 2. The van der Waals surface area contributed by atoms with E-state index in [-0.39, 0.29) is 64.1 Å². The molecule has 0 bridgehead atoms. The van der Waals surface area contributed by atoms with Gasteiger partial charge in [0.25, 0.3) is 5.91 Å². The summed E-state index contributed by atoms with van der Waals surface area (Å²) >= 11 is 12.2. The Balaban J connectivity index is 1.33. The Bertz CT molecular complexity index is 1810. The molecule has 5 rings (SSSR count). The van der Waals surface area contributed by atoms with Gasteiger partial charge in [-0.15, -0.1) is 0 Å². The molecule has 0 spiro atoms. The molecule has 3 unspecified atom stereocenters. The highest BCUT2D eigenvalue weighted by atomic mass is 35.5. The molecule has 3 N–H and O–H groups in total. The number of pyridine rings is 1. The number of nitriles is 1. The molecule has 2 aromatic carbocycles. The Labute approximate surface area is 288 Å². The molecule has 1 aliphatic heterocycles. The molecule has 0 radical (unpaired) electrons. The molecule has 1 saturated carbocycles. The van der Waals surface area contributed by atoms with Crippen LogP contribution >= 0.6 is 23.2 Å². The minimum Gasteiger partial charge on any atom is -0.464 e. The standard InChI is InChI=1S/C33H34Cl2N6O6S/c1-2-47-33(44)28(14-20-9-11-23(12-10-20)39-32(43)30-26(34)17-37-18-27(30)35)40-31(42)29-15-24(38-22-6-4-7-22)19-41(29)48(45,46)25-8-3-5-21(13-25)16-36/h3,5,8-13,17-18,22,24,28-29,38H,2,4,6-7,14-15,19H2,1H3,(H,39,43)(H,40,42). The number of halogens is 2. The van der Waals surface area contributed by atoms with Crippen LogP contribution in [0.5, 0.6) is 0 Å². The van der Waals surface area contributed by atoms with Crippen LogP contribution in [0.4, 0.5) is 5.69 Å². The summed E-state index contributed by atoms with van der Waals surface area (Å²) < 4.78 is 34.1. The van der Waals surface area contributed by atoms with E-state index in [0.29, 0.717) is 11.3 Å². The topological polar surface area (TPSA) is 171 Å². The van der Waals surface area contributed by atoms with E-state index < -0.39 is 39.9 Å². The van der Waals surface area contributed by atoms with Crippen molar-refractivity contribution in [2.45, 2.75) is 68.1 Å². The summed E-state index contributed by atoms with van der Waals surface area (Å²) in [5.74, 6) is -1.85. The average Bonchev–Trinajstić information content (AvgIpc) is 3.49. The van der Waals surface area contributed by atoms with E-state index in [4.69, 9.17) is 27.9 Å². The number of amides is 2. The number of esters is 1. The fraction of sp³-hybridized carbons (Fsp3) is 0.364. The minimum absolute atomic E-state index is 0.0360. The largest absolute Gasteiger partial charge is 0.464 e. The van der Waals surface area contributed by atoms with Crippen molar-refractivity contribution in [1.82, 2.24) is 19.9 Å². The van der Waals surface area contributed by atoms with E-state index in [1.165, 1.54) is 36.7 Å². The van der Waals surface area contributed by atoms with Gasteiger partial charge in [-0.05, 0) is 62.1 Å². The van der Waals surface area contributed by atoms with Gasteiger partial charge in [0, 0.05) is 43.1 Å². The molecule has 3 atom stereocenters. The Hall–Kier alpha value is -4.06. The number of carbonyl (C=O) groups excluding carboxylic acids is 3. The minimum atomic E-state index is -4.18. The third kappa shape index (κ3) is 8.14. The van der Waals surface area contributed by atoms with Crippen LogP contribution in [0.15, 0.2) is 65.8 Å². The van der Waals surface area contributed by atoms with Gasteiger partial charge in [0.1, 0.15) is 12.1 Å².